The van der Waals surface area contributed by atoms with Crippen LogP contribution >= 0.6 is 11.6 Å². The first kappa shape index (κ1) is 19.5. The maximum absolute atomic E-state index is 12.8. The van der Waals surface area contributed by atoms with E-state index in [9.17, 15) is 4.79 Å². The molecule has 0 N–H and O–H groups in total. The Hall–Kier alpha value is -2.83. The van der Waals surface area contributed by atoms with Crippen molar-refractivity contribution in [1.29, 1.82) is 0 Å². The summed E-state index contributed by atoms with van der Waals surface area (Å²) in [5.41, 5.74) is 2.86. The molecule has 1 aliphatic heterocycles. The zero-order valence-electron chi connectivity index (χ0n) is 16.3. The molecule has 2 heterocycles. The summed E-state index contributed by atoms with van der Waals surface area (Å²) in [6.45, 7) is 3.05. The molecule has 0 spiro atoms. The Morgan fingerprint density at radius 2 is 1.79 bits per heavy atom. The van der Waals surface area contributed by atoms with Crippen LogP contribution in [-0.4, -0.2) is 49.0 Å². The summed E-state index contributed by atoms with van der Waals surface area (Å²) in [6, 6.07) is 17.3. The summed E-state index contributed by atoms with van der Waals surface area (Å²) in [7, 11) is 1.78. The van der Waals surface area contributed by atoms with Crippen molar-refractivity contribution in [2.24, 2.45) is 0 Å². The van der Waals surface area contributed by atoms with Crippen LogP contribution in [0, 0.1) is 0 Å². The molecule has 1 amide bonds. The molecule has 1 aliphatic rings. The molecule has 2 aromatic carbocycles. The number of amides is 1. The lowest BCUT2D eigenvalue weighted by molar-refractivity contribution is -0.119. The molecule has 0 saturated carbocycles. The smallest absolute Gasteiger partial charge is 0.248 e. The predicted molar refractivity (Wildman–Crippen MR) is 116 cm³/mol. The van der Waals surface area contributed by atoms with Gasteiger partial charge in [-0.15, -0.1) is 0 Å². The Morgan fingerprint density at radius 3 is 2.48 bits per heavy atom. The van der Waals surface area contributed by atoms with Gasteiger partial charge in [-0.3, -0.25) is 9.48 Å². The molecule has 1 aromatic heterocycles. The molecule has 7 heteroatoms. The van der Waals surface area contributed by atoms with Crippen LogP contribution in [0.5, 0.6) is 0 Å². The number of likely N-dealkylation sites (N-methyl/N-ethyl adjacent to an activating group) is 1. The second-order valence-corrected chi connectivity index (χ2v) is 7.40. The van der Waals surface area contributed by atoms with Crippen molar-refractivity contribution in [2.45, 2.75) is 6.54 Å². The lowest BCUT2D eigenvalue weighted by Gasteiger charge is -2.27. The number of para-hydroxylation sites is 1. The molecule has 150 valence electrons. The van der Waals surface area contributed by atoms with Gasteiger partial charge in [0.1, 0.15) is 6.54 Å². The van der Waals surface area contributed by atoms with E-state index < -0.39 is 0 Å². The highest BCUT2D eigenvalue weighted by molar-refractivity contribution is 6.30. The number of carbonyl (C=O) groups is 1. The molecule has 6 nitrogen and oxygen atoms in total. The van der Waals surface area contributed by atoms with Crippen molar-refractivity contribution in [2.75, 3.05) is 43.2 Å². The van der Waals surface area contributed by atoms with Crippen LogP contribution in [0.15, 0.2) is 60.8 Å². The van der Waals surface area contributed by atoms with Crippen LogP contribution in [0.2, 0.25) is 5.02 Å². The summed E-state index contributed by atoms with van der Waals surface area (Å²) in [5, 5.41) is 5.44. The van der Waals surface area contributed by atoms with Gasteiger partial charge in [-0.1, -0.05) is 41.9 Å². The number of hydrogen-bond acceptors (Lipinski definition) is 4. The van der Waals surface area contributed by atoms with Gasteiger partial charge in [0.05, 0.1) is 13.2 Å². The Balaban J connectivity index is 1.62. The van der Waals surface area contributed by atoms with E-state index in [0.717, 1.165) is 35.7 Å². The Kier molecular flexibility index (Phi) is 5.83. The summed E-state index contributed by atoms with van der Waals surface area (Å²) >= 11 is 6.06. The molecule has 3 aromatic rings. The number of ether oxygens (including phenoxy) is 1. The minimum absolute atomic E-state index is 0.0325. The molecule has 29 heavy (non-hydrogen) atoms. The van der Waals surface area contributed by atoms with Gasteiger partial charge >= 0.3 is 0 Å². The molecule has 0 aliphatic carbocycles. The molecule has 0 bridgehead atoms. The van der Waals surface area contributed by atoms with Crippen LogP contribution in [-0.2, 0) is 16.1 Å². The summed E-state index contributed by atoms with van der Waals surface area (Å²) in [4.78, 5) is 16.7. The topological polar surface area (TPSA) is 50.6 Å². The maximum atomic E-state index is 12.8. The molecule has 0 unspecified atom stereocenters. The number of hydrogen-bond donors (Lipinski definition) is 0. The third-order valence-electron chi connectivity index (χ3n) is 5.02. The van der Waals surface area contributed by atoms with E-state index in [4.69, 9.17) is 21.4 Å². The molecule has 1 saturated heterocycles. The maximum Gasteiger partial charge on any atom is 0.248 e. The van der Waals surface area contributed by atoms with Gasteiger partial charge in [0.2, 0.25) is 5.91 Å². The molecular formula is C22H23ClN4O2. The lowest BCUT2D eigenvalue weighted by Crippen LogP contribution is -2.37. The average molecular weight is 411 g/mol. The fraction of sp³-hybridized carbons (Fsp3) is 0.273. The minimum atomic E-state index is -0.0325. The van der Waals surface area contributed by atoms with Gasteiger partial charge in [-0.2, -0.15) is 5.10 Å². The summed E-state index contributed by atoms with van der Waals surface area (Å²) in [6.07, 6.45) is 1.94. The van der Waals surface area contributed by atoms with Crippen molar-refractivity contribution in [1.82, 2.24) is 9.78 Å². The van der Waals surface area contributed by atoms with E-state index in [1.807, 2.05) is 60.8 Å². The third kappa shape index (κ3) is 4.44. The number of nitrogens with zero attached hydrogens (tertiary/aromatic N) is 4. The zero-order valence-corrected chi connectivity index (χ0v) is 17.0. The monoisotopic (exact) mass is 410 g/mol. The van der Waals surface area contributed by atoms with Crippen LogP contribution in [0.1, 0.15) is 0 Å². The van der Waals surface area contributed by atoms with Crippen molar-refractivity contribution in [3.05, 3.63) is 65.8 Å². The van der Waals surface area contributed by atoms with E-state index in [1.54, 1.807) is 16.6 Å². The van der Waals surface area contributed by atoms with Crippen molar-refractivity contribution in [3.63, 3.8) is 0 Å². The largest absolute Gasteiger partial charge is 0.378 e. The third-order valence-corrected chi connectivity index (χ3v) is 5.27. The Labute approximate surface area is 175 Å². The van der Waals surface area contributed by atoms with Crippen LogP contribution in [0.3, 0.4) is 0 Å². The van der Waals surface area contributed by atoms with E-state index in [0.29, 0.717) is 18.2 Å². The van der Waals surface area contributed by atoms with Gasteiger partial charge in [0, 0.05) is 42.6 Å². The first-order chi connectivity index (χ1) is 14.1. The standard InChI is InChI=1S/C22H23ClN4O2/c1-25(19-5-3-2-4-6-19)21(28)16-27-15-20(17-7-9-18(23)10-8-17)22(24-27)26-11-13-29-14-12-26/h2-10,15H,11-14,16H2,1H3. The normalized spacial score (nSPS) is 14.1. The number of carbonyl (C=O) groups excluding carboxylic acids is 1. The summed E-state index contributed by atoms with van der Waals surface area (Å²) in [5.74, 6) is 0.834. The number of benzene rings is 2. The van der Waals surface area contributed by atoms with E-state index >= 15 is 0 Å². The average Bonchev–Trinajstić information content (AvgIpc) is 3.18. The molecule has 4 rings (SSSR count). The van der Waals surface area contributed by atoms with Crippen LogP contribution in [0.4, 0.5) is 11.5 Å². The van der Waals surface area contributed by atoms with Gasteiger partial charge in [0.25, 0.3) is 0 Å². The highest BCUT2D eigenvalue weighted by Crippen LogP contribution is 2.31. The van der Waals surface area contributed by atoms with Crippen molar-refractivity contribution in [3.8, 4) is 11.1 Å². The van der Waals surface area contributed by atoms with Gasteiger partial charge in [0.15, 0.2) is 5.82 Å². The number of anilines is 2. The van der Waals surface area contributed by atoms with Gasteiger partial charge < -0.3 is 14.5 Å². The second-order valence-electron chi connectivity index (χ2n) is 6.96. The highest BCUT2D eigenvalue weighted by Gasteiger charge is 2.21. The zero-order chi connectivity index (χ0) is 20.2. The number of halogens is 1. The van der Waals surface area contributed by atoms with Gasteiger partial charge in [-0.25, -0.2) is 0 Å². The molecule has 0 radical (unpaired) electrons. The summed E-state index contributed by atoms with van der Waals surface area (Å²) < 4.78 is 7.20. The van der Waals surface area contributed by atoms with Crippen molar-refractivity contribution >= 4 is 29.0 Å². The first-order valence-corrected chi connectivity index (χ1v) is 9.97. The van der Waals surface area contributed by atoms with E-state index in [-0.39, 0.29) is 12.5 Å². The molecule has 1 fully saturated rings. The fourth-order valence-electron chi connectivity index (χ4n) is 3.37. The SMILES string of the molecule is CN(C(=O)Cn1cc(-c2ccc(Cl)cc2)c(N2CCOCC2)n1)c1ccccc1. The molecular weight excluding hydrogens is 388 g/mol. The molecule has 0 atom stereocenters. The van der Waals surface area contributed by atoms with Crippen LogP contribution < -0.4 is 9.80 Å². The second kappa shape index (κ2) is 8.68. The highest BCUT2D eigenvalue weighted by atomic mass is 35.5. The Bertz CT molecular complexity index is 966. The van der Waals surface area contributed by atoms with Crippen molar-refractivity contribution < 1.29 is 9.53 Å². The first-order valence-electron chi connectivity index (χ1n) is 9.59. The minimum Gasteiger partial charge on any atom is -0.378 e. The number of aromatic nitrogens is 2. The fourth-order valence-corrected chi connectivity index (χ4v) is 3.50. The number of morpholine rings is 1. The quantitative estimate of drug-likeness (QED) is 0.643. The van der Waals surface area contributed by atoms with E-state index in [2.05, 4.69) is 4.90 Å². The predicted octanol–water partition coefficient (Wildman–Crippen LogP) is 3.70. The van der Waals surface area contributed by atoms with Gasteiger partial charge in [-0.05, 0) is 29.8 Å². The number of rotatable bonds is 5. The van der Waals surface area contributed by atoms with Crippen LogP contribution in [0.25, 0.3) is 11.1 Å². The Morgan fingerprint density at radius 1 is 1.10 bits per heavy atom. The lowest BCUT2D eigenvalue weighted by atomic mass is 10.1. The van der Waals surface area contributed by atoms with E-state index in [1.165, 1.54) is 0 Å².